The van der Waals surface area contributed by atoms with Crippen molar-refractivity contribution < 1.29 is 23.8 Å². The van der Waals surface area contributed by atoms with Crippen LogP contribution in [0.5, 0.6) is 11.5 Å². The molecule has 1 aliphatic rings. The number of ether oxygens (including phenoxy) is 3. The smallest absolute Gasteiger partial charge is 0.341 e. The Morgan fingerprint density at radius 2 is 1.88 bits per heavy atom. The van der Waals surface area contributed by atoms with Crippen molar-refractivity contribution in [1.29, 1.82) is 0 Å². The molecule has 6 nitrogen and oxygen atoms in total. The fourth-order valence-corrected chi connectivity index (χ4v) is 5.06. The molecule has 0 bridgehead atoms. The number of rotatable bonds is 8. The highest BCUT2D eigenvalue weighted by Gasteiger charge is 2.27. The third-order valence-corrected chi connectivity index (χ3v) is 6.61. The Bertz CT molecular complexity index is 1180. The van der Waals surface area contributed by atoms with E-state index in [0.717, 1.165) is 40.8 Å². The Labute approximate surface area is 196 Å². The van der Waals surface area contributed by atoms with Crippen LogP contribution in [0.1, 0.15) is 38.3 Å². The van der Waals surface area contributed by atoms with Gasteiger partial charge in [-0.05, 0) is 54.2 Å². The molecule has 7 heteroatoms. The third-order valence-electron chi connectivity index (χ3n) is 5.40. The van der Waals surface area contributed by atoms with Crippen LogP contribution in [0.25, 0.3) is 6.08 Å². The van der Waals surface area contributed by atoms with Crippen molar-refractivity contribution >= 4 is 34.3 Å². The number of nitrogens with one attached hydrogen (secondary N) is 1. The maximum Gasteiger partial charge on any atom is 0.341 e. The number of hydrogen-bond acceptors (Lipinski definition) is 6. The van der Waals surface area contributed by atoms with E-state index in [1.807, 2.05) is 48.5 Å². The highest BCUT2D eigenvalue weighted by Crippen LogP contribution is 2.39. The van der Waals surface area contributed by atoms with Gasteiger partial charge < -0.3 is 19.5 Å². The van der Waals surface area contributed by atoms with Crippen LogP contribution in [0, 0.1) is 0 Å². The van der Waals surface area contributed by atoms with Gasteiger partial charge in [0.1, 0.15) is 11.6 Å². The van der Waals surface area contributed by atoms with E-state index in [1.165, 1.54) is 24.5 Å². The first kappa shape index (κ1) is 22.6. The fourth-order valence-electron chi connectivity index (χ4n) is 3.78. The summed E-state index contributed by atoms with van der Waals surface area (Å²) in [6, 6.07) is 15.4. The Hall–Kier alpha value is -3.58. The molecule has 0 fully saturated rings. The van der Waals surface area contributed by atoms with Crippen LogP contribution in [0.2, 0.25) is 0 Å². The van der Waals surface area contributed by atoms with Gasteiger partial charge in [0, 0.05) is 11.0 Å². The number of esters is 1. The molecule has 0 aliphatic heterocycles. The minimum Gasteiger partial charge on any atom is -0.493 e. The van der Waals surface area contributed by atoms with Crippen LogP contribution in [0.4, 0.5) is 5.00 Å². The summed E-state index contributed by atoms with van der Waals surface area (Å²) in [5, 5.41) is 3.38. The molecule has 0 atom stereocenters. The molecule has 33 heavy (non-hydrogen) atoms. The maximum atomic E-state index is 12.6. The lowest BCUT2D eigenvalue weighted by Crippen LogP contribution is -2.12. The van der Waals surface area contributed by atoms with Gasteiger partial charge in [0.25, 0.3) is 0 Å². The van der Waals surface area contributed by atoms with Gasteiger partial charge in [0.2, 0.25) is 5.91 Å². The number of anilines is 1. The van der Waals surface area contributed by atoms with Crippen LogP contribution in [-0.4, -0.2) is 26.1 Å². The quantitative estimate of drug-likeness (QED) is 0.364. The summed E-state index contributed by atoms with van der Waals surface area (Å²) in [4.78, 5) is 26.0. The van der Waals surface area contributed by atoms with Crippen LogP contribution in [0.15, 0.2) is 54.6 Å². The van der Waals surface area contributed by atoms with Crippen molar-refractivity contribution in [1.82, 2.24) is 0 Å². The lowest BCUT2D eigenvalue weighted by Gasteiger charge is -2.11. The van der Waals surface area contributed by atoms with Gasteiger partial charge in [-0.15, -0.1) is 11.3 Å². The molecule has 170 valence electrons. The van der Waals surface area contributed by atoms with Crippen LogP contribution < -0.4 is 14.8 Å². The van der Waals surface area contributed by atoms with Crippen LogP contribution in [-0.2, 0) is 29.0 Å². The molecule has 1 amide bonds. The normalized spacial score (nSPS) is 12.4. The van der Waals surface area contributed by atoms with E-state index < -0.39 is 5.97 Å². The Morgan fingerprint density at radius 1 is 1.06 bits per heavy atom. The monoisotopic (exact) mass is 463 g/mol. The number of fused-ring (bicyclic) bond motifs is 1. The number of hydrogen-bond donors (Lipinski definition) is 1. The predicted octanol–water partition coefficient (Wildman–Crippen LogP) is 5.26. The highest BCUT2D eigenvalue weighted by molar-refractivity contribution is 7.17. The van der Waals surface area contributed by atoms with E-state index in [0.29, 0.717) is 28.7 Å². The summed E-state index contributed by atoms with van der Waals surface area (Å²) >= 11 is 1.45. The lowest BCUT2D eigenvalue weighted by molar-refractivity contribution is -0.111. The summed E-state index contributed by atoms with van der Waals surface area (Å²) in [5.41, 5.74) is 3.34. The first-order valence-electron chi connectivity index (χ1n) is 10.7. The van der Waals surface area contributed by atoms with Crippen molar-refractivity contribution in [3.8, 4) is 11.5 Å². The molecular formula is C26H25NO5S. The average molecular weight is 464 g/mol. The van der Waals surface area contributed by atoms with Crippen LogP contribution >= 0.6 is 11.3 Å². The molecule has 0 unspecified atom stereocenters. The number of thiophene rings is 1. The molecule has 3 aromatic rings. The highest BCUT2D eigenvalue weighted by atomic mass is 32.1. The summed E-state index contributed by atoms with van der Waals surface area (Å²) in [5.74, 6) is 0.475. The molecular weight excluding hydrogens is 438 g/mol. The van der Waals surface area contributed by atoms with Crippen molar-refractivity contribution in [2.75, 3.05) is 19.5 Å². The van der Waals surface area contributed by atoms with Crippen molar-refractivity contribution in [3.05, 3.63) is 81.7 Å². The number of benzene rings is 2. The minimum atomic E-state index is -0.412. The fraction of sp³-hybridized carbons (Fsp3) is 0.231. The van der Waals surface area contributed by atoms with Gasteiger partial charge in [0.15, 0.2) is 11.5 Å². The molecule has 1 aromatic heterocycles. The van der Waals surface area contributed by atoms with Crippen LogP contribution in [0.3, 0.4) is 0 Å². The molecule has 4 rings (SSSR count). The van der Waals surface area contributed by atoms with Crippen molar-refractivity contribution in [2.24, 2.45) is 0 Å². The topological polar surface area (TPSA) is 73.9 Å². The largest absolute Gasteiger partial charge is 0.493 e. The van der Waals surface area contributed by atoms with Crippen molar-refractivity contribution in [3.63, 3.8) is 0 Å². The van der Waals surface area contributed by atoms with Gasteiger partial charge in [-0.25, -0.2) is 4.79 Å². The molecule has 0 radical (unpaired) electrons. The Morgan fingerprint density at radius 3 is 2.64 bits per heavy atom. The minimum absolute atomic E-state index is 0.316. The second kappa shape index (κ2) is 10.4. The first-order chi connectivity index (χ1) is 16.1. The van der Waals surface area contributed by atoms with E-state index in [9.17, 15) is 9.59 Å². The number of amides is 1. The summed E-state index contributed by atoms with van der Waals surface area (Å²) in [6.45, 7) is 0.433. The zero-order chi connectivity index (χ0) is 23.2. The van der Waals surface area contributed by atoms with Gasteiger partial charge in [-0.2, -0.15) is 0 Å². The summed E-state index contributed by atoms with van der Waals surface area (Å²) in [7, 11) is 2.93. The van der Waals surface area contributed by atoms with E-state index in [1.54, 1.807) is 13.2 Å². The first-order valence-corrected chi connectivity index (χ1v) is 11.5. The Kier molecular flexibility index (Phi) is 7.10. The molecule has 0 saturated heterocycles. The van der Waals surface area contributed by atoms with E-state index in [-0.39, 0.29) is 5.91 Å². The summed E-state index contributed by atoms with van der Waals surface area (Å²) in [6.07, 6.45) is 5.91. The zero-order valence-electron chi connectivity index (χ0n) is 18.6. The van der Waals surface area contributed by atoms with Gasteiger partial charge >= 0.3 is 5.97 Å². The molecule has 1 aliphatic carbocycles. The second-order valence-corrected chi connectivity index (χ2v) is 8.67. The third kappa shape index (κ3) is 5.26. The average Bonchev–Trinajstić information content (AvgIpc) is 3.42. The van der Waals surface area contributed by atoms with Crippen molar-refractivity contribution in [2.45, 2.75) is 25.9 Å². The van der Waals surface area contributed by atoms with Gasteiger partial charge in [-0.1, -0.05) is 36.4 Å². The Balaban J connectivity index is 1.44. The van der Waals surface area contributed by atoms with E-state index in [2.05, 4.69) is 5.32 Å². The van der Waals surface area contributed by atoms with E-state index in [4.69, 9.17) is 14.2 Å². The predicted molar refractivity (Wildman–Crippen MR) is 129 cm³/mol. The second-order valence-electron chi connectivity index (χ2n) is 7.56. The number of carbonyl (C=O) groups is 2. The summed E-state index contributed by atoms with van der Waals surface area (Å²) < 4.78 is 16.3. The standard InChI is InChI=1S/C26H25NO5S/c1-30-21-15-17(11-13-20(21)32-16-18-7-4-3-5-8-18)12-14-23(28)27-25-24(26(29)31-2)19-9-6-10-22(19)33-25/h3-5,7-8,11-15H,6,9-10,16H2,1-2H3,(H,27,28)/b14-12+. The maximum absolute atomic E-state index is 12.6. The lowest BCUT2D eigenvalue weighted by atomic mass is 10.1. The molecule has 0 spiro atoms. The number of methoxy groups -OCH3 is 2. The zero-order valence-corrected chi connectivity index (χ0v) is 19.4. The van der Waals surface area contributed by atoms with Gasteiger partial charge in [-0.3, -0.25) is 4.79 Å². The molecule has 1 heterocycles. The van der Waals surface area contributed by atoms with Gasteiger partial charge in [0.05, 0.1) is 19.8 Å². The number of carbonyl (C=O) groups excluding carboxylic acids is 2. The van der Waals surface area contributed by atoms with E-state index >= 15 is 0 Å². The SMILES string of the molecule is COC(=O)c1c(NC(=O)/C=C/c2ccc(OCc3ccccc3)c(OC)c2)sc2c1CCC2. The molecule has 2 aromatic carbocycles. The molecule has 0 saturated carbocycles. The molecule has 1 N–H and O–H groups in total. The number of aryl methyl sites for hydroxylation is 1.